The van der Waals surface area contributed by atoms with Crippen LogP contribution in [0, 0.1) is 5.92 Å². The van der Waals surface area contributed by atoms with Gasteiger partial charge in [-0.25, -0.2) is 4.79 Å². The van der Waals surface area contributed by atoms with E-state index >= 15 is 0 Å². The minimum absolute atomic E-state index is 0.0406. The number of ether oxygens (including phenoxy) is 1. The highest BCUT2D eigenvalue weighted by Gasteiger charge is 2.40. The van der Waals surface area contributed by atoms with Crippen LogP contribution in [-0.4, -0.2) is 67.8 Å². The Morgan fingerprint density at radius 3 is 2.58 bits per heavy atom. The molecule has 0 aromatic rings. The standard InChI is InChI=1S/C14H27N3O2/c1-14(2,15-3)10-17-9-12(16(4)13(17)18)11-5-7-19-8-6-11/h11-12,15H,5-10H2,1-4H3. The first kappa shape index (κ1) is 14.6. The summed E-state index contributed by atoms with van der Waals surface area (Å²) in [5.74, 6) is 0.588. The van der Waals surface area contributed by atoms with Gasteiger partial charge >= 0.3 is 6.03 Å². The predicted molar refractivity (Wildman–Crippen MR) is 75.2 cm³/mol. The van der Waals surface area contributed by atoms with Gasteiger partial charge in [-0.3, -0.25) is 0 Å². The topological polar surface area (TPSA) is 44.8 Å². The van der Waals surface area contributed by atoms with Gasteiger partial charge in [0.25, 0.3) is 0 Å². The van der Waals surface area contributed by atoms with Crippen LogP contribution in [0.2, 0.25) is 0 Å². The number of likely N-dealkylation sites (N-methyl/N-ethyl adjacent to an activating group) is 2. The number of urea groups is 1. The van der Waals surface area contributed by atoms with E-state index in [0.29, 0.717) is 12.0 Å². The van der Waals surface area contributed by atoms with Crippen LogP contribution in [0.4, 0.5) is 4.79 Å². The van der Waals surface area contributed by atoms with Crippen molar-refractivity contribution in [2.75, 3.05) is 40.4 Å². The van der Waals surface area contributed by atoms with E-state index in [-0.39, 0.29) is 11.6 Å². The first-order chi connectivity index (χ1) is 8.94. The van der Waals surface area contributed by atoms with E-state index in [2.05, 4.69) is 19.2 Å². The molecule has 19 heavy (non-hydrogen) atoms. The molecule has 0 radical (unpaired) electrons. The van der Waals surface area contributed by atoms with Crippen LogP contribution in [0.1, 0.15) is 26.7 Å². The fraction of sp³-hybridized carbons (Fsp3) is 0.929. The van der Waals surface area contributed by atoms with Crippen molar-refractivity contribution in [1.82, 2.24) is 15.1 Å². The fourth-order valence-electron chi connectivity index (χ4n) is 3.05. The minimum Gasteiger partial charge on any atom is -0.381 e. The lowest BCUT2D eigenvalue weighted by Gasteiger charge is -2.31. The molecule has 2 aliphatic rings. The second-order valence-corrected chi connectivity index (χ2v) is 6.43. The Hall–Kier alpha value is -0.810. The van der Waals surface area contributed by atoms with Gasteiger partial charge in [-0.05, 0) is 39.7 Å². The SMILES string of the molecule is CNC(C)(C)CN1CC(C2CCOCC2)N(C)C1=O. The van der Waals surface area contributed by atoms with Crippen LogP contribution in [0.25, 0.3) is 0 Å². The van der Waals surface area contributed by atoms with E-state index in [9.17, 15) is 4.79 Å². The van der Waals surface area contributed by atoms with Crippen molar-refractivity contribution >= 4 is 6.03 Å². The van der Waals surface area contributed by atoms with E-state index in [1.807, 2.05) is 23.9 Å². The highest BCUT2D eigenvalue weighted by Crippen LogP contribution is 2.28. The molecular formula is C14H27N3O2. The molecule has 0 aromatic heterocycles. The van der Waals surface area contributed by atoms with Crippen LogP contribution in [0.3, 0.4) is 0 Å². The Morgan fingerprint density at radius 1 is 1.37 bits per heavy atom. The summed E-state index contributed by atoms with van der Waals surface area (Å²) in [5.41, 5.74) is -0.0406. The van der Waals surface area contributed by atoms with Gasteiger partial charge in [0, 0.05) is 38.9 Å². The van der Waals surface area contributed by atoms with E-state index < -0.39 is 0 Å². The number of nitrogens with one attached hydrogen (secondary N) is 1. The normalized spacial score (nSPS) is 26.3. The number of hydrogen-bond donors (Lipinski definition) is 1. The summed E-state index contributed by atoms with van der Waals surface area (Å²) in [7, 11) is 3.88. The third-order valence-electron chi connectivity index (χ3n) is 4.55. The minimum atomic E-state index is -0.0406. The zero-order valence-corrected chi connectivity index (χ0v) is 12.6. The molecule has 0 spiro atoms. The van der Waals surface area contributed by atoms with Crippen molar-refractivity contribution in [3.05, 3.63) is 0 Å². The predicted octanol–water partition coefficient (Wildman–Crippen LogP) is 1.15. The zero-order chi connectivity index (χ0) is 14.0. The van der Waals surface area contributed by atoms with Crippen molar-refractivity contribution in [1.29, 1.82) is 0 Å². The molecule has 110 valence electrons. The first-order valence-corrected chi connectivity index (χ1v) is 7.23. The fourth-order valence-corrected chi connectivity index (χ4v) is 3.05. The lowest BCUT2D eigenvalue weighted by Crippen LogP contribution is -2.48. The van der Waals surface area contributed by atoms with Gasteiger partial charge in [0.05, 0.1) is 6.04 Å². The number of carbonyl (C=O) groups is 1. The number of hydrogen-bond acceptors (Lipinski definition) is 3. The second-order valence-electron chi connectivity index (χ2n) is 6.43. The summed E-state index contributed by atoms with van der Waals surface area (Å²) < 4.78 is 5.42. The van der Waals surface area contributed by atoms with Crippen LogP contribution in [-0.2, 0) is 4.74 Å². The van der Waals surface area contributed by atoms with Gasteiger partial charge in [-0.2, -0.15) is 0 Å². The highest BCUT2D eigenvalue weighted by molar-refractivity contribution is 5.77. The molecule has 2 amide bonds. The number of amides is 2. The van der Waals surface area contributed by atoms with Gasteiger partial charge in [0.2, 0.25) is 0 Å². The molecule has 2 aliphatic heterocycles. The van der Waals surface area contributed by atoms with Crippen molar-refractivity contribution in [3.63, 3.8) is 0 Å². The van der Waals surface area contributed by atoms with Crippen LogP contribution in [0.5, 0.6) is 0 Å². The van der Waals surface area contributed by atoms with Gasteiger partial charge in [-0.1, -0.05) is 0 Å². The molecule has 2 saturated heterocycles. The molecule has 0 aliphatic carbocycles. The highest BCUT2D eigenvalue weighted by atomic mass is 16.5. The molecule has 0 bridgehead atoms. The number of nitrogens with zero attached hydrogens (tertiary/aromatic N) is 2. The quantitative estimate of drug-likeness (QED) is 0.832. The van der Waals surface area contributed by atoms with Crippen molar-refractivity contribution in [2.45, 2.75) is 38.3 Å². The average molecular weight is 269 g/mol. The maximum atomic E-state index is 12.3. The summed E-state index contributed by atoms with van der Waals surface area (Å²) in [4.78, 5) is 16.3. The summed E-state index contributed by atoms with van der Waals surface area (Å²) >= 11 is 0. The largest absolute Gasteiger partial charge is 0.381 e. The van der Waals surface area contributed by atoms with Crippen molar-refractivity contribution in [2.24, 2.45) is 5.92 Å². The van der Waals surface area contributed by atoms with Gasteiger partial charge in [0.15, 0.2) is 0 Å². The van der Waals surface area contributed by atoms with E-state index in [1.54, 1.807) is 0 Å². The lowest BCUT2D eigenvalue weighted by molar-refractivity contribution is 0.0451. The van der Waals surface area contributed by atoms with Gasteiger partial charge in [0.1, 0.15) is 0 Å². The summed E-state index contributed by atoms with van der Waals surface area (Å²) in [5, 5.41) is 3.27. The first-order valence-electron chi connectivity index (χ1n) is 7.23. The van der Waals surface area contributed by atoms with Crippen LogP contribution >= 0.6 is 0 Å². The second kappa shape index (κ2) is 5.67. The molecule has 2 heterocycles. The van der Waals surface area contributed by atoms with Crippen LogP contribution < -0.4 is 5.32 Å². The molecular weight excluding hydrogens is 242 g/mol. The Morgan fingerprint density at radius 2 is 2.00 bits per heavy atom. The maximum Gasteiger partial charge on any atom is 0.320 e. The Bertz CT molecular complexity index is 327. The van der Waals surface area contributed by atoms with Crippen molar-refractivity contribution < 1.29 is 9.53 Å². The summed E-state index contributed by atoms with van der Waals surface area (Å²) in [6.45, 7) is 7.54. The van der Waals surface area contributed by atoms with Crippen molar-refractivity contribution in [3.8, 4) is 0 Å². The molecule has 1 N–H and O–H groups in total. The van der Waals surface area contributed by atoms with E-state index in [0.717, 1.165) is 39.1 Å². The molecule has 2 fully saturated rings. The monoisotopic (exact) mass is 269 g/mol. The van der Waals surface area contributed by atoms with E-state index in [4.69, 9.17) is 4.74 Å². The molecule has 5 heteroatoms. The van der Waals surface area contributed by atoms with Gasteiger partial charge in [-0.15, -0.1) is 0 Å². The van der Waals surface area contributed by atoms with E-state index in [1.165, 1.54) is 0 Å². The molecule has 0 aromatic carbocycles. The Balaban J connectivity index is 1.99. The number of rotatable bonds is 4. The molecule has 2 rings (SSSR count). The van der Waals surface area contributed by atoms with Gasteiger partial charge < -0.3 is 19.9 Å². The van der Waals surface area contributed by atoms with Crippen LogP contribution in [0.15, 0.2) is 0 Å². The summed E-state index contributed by atoms with van der Waals surface area (Å²) in [6, 6.07) is 0.517. The maximum absolute atomic E-state index is 12.3. The molecule has 0 saturated carbocycles. The Labute approximate surface area is 116 Å². The smallest absolute Gasteiger partial charge is 0.320 e. The third-order valence-corrected chi connectivity index (χ3v) is 4.55. The lowest BCUT2D eigenvalue weighted by atomic mass is 9.91. The third kappa shape index (κ3) is 3.20. The summed E-state index contributed by atoms with van der Waals surface area (Å²) in [6.07, 6.45) is 2.15. The number of carbonyl (C=O) groups excluding carboxylic acids is 1. The molecule has 5 nitrogen and oxygen atoms in total. The Kier molecular flexibility index (Phi) is 4.36. The average Bonchev–Trinajstić information content (AvgIpc) is 2.68. The molecule has 1 unspecified atom stereocenters. The molecule has 1 atom stereocenters. The zero-order valence-electron chi connectivity index (χ0n) is 12.6.